The van der Waals surface area contributed by atoms with Crippen LogP contribution in [0.25, 0.3) is 0 Å². The van der Waals surface area contributed by atoms with Gasteiger partial charge in [-0.15, -0.1) is 0 Å². The van der Waals surface area contributed by atoms with Gasteiger partial charge in [0, 0.05) is 22.6 Å². The Morgan fingerprint density at radius 3 is 2.38 bits per heavy atom. The van der Waals surface area contributed by atoms with Crippen LogP contribution in [0.3, 0.4) is 0 Å². The van der Waals surface area contributed by atoms with Crippen LogP contribution in [0.5, 0.6) is 0 Å². The fraction of sp³-hybridized carbons (Fsp3) is 0.391. The van der Waals surface area contributed by atoms with E-state index >= 15 is 0 Å². The van der Waals surface area contributed by atoms with Crippen molar-refractivity contribution in [2.24, 2.45) is 0 Å². The van der Waals surface area contributed by atoms with E-state index in [2.05, 4.69) is 5.32 Å². The molecule has 1 atom stereocenters. The molecule has 6 heteroatoms. The van der Waals surface area contributed by atoms with Crippen LogP contribution < -0.4 is 5.32 Å². The molecule has 0 spiro atoms. The van der Waals surface area contributed by atoms with E-state index in [0.29, 0.717) is 16.6 Å². The maximum atomic E-state index is 13.1. The van der Waals surface area contributed by atoms with E-state index in [1.165, 1.54) is 0 Å². The number of carbonyl (C=O) groups excluding carboxylic acids is 2. The zero-order valence-corrected chi connectivity index (χ0v) is 18.0. The third-order valence-corrected chi connectivity index (χ3v) is 5.87. The molecule has 2 aromatic carbocycles. The summed E-state index contributed by atoms with van der Waals surface area (Å²) in [4.78, 5) is 27.6. The Bertz CT molecular complexity index is 848. The molecule has 29 heavy (non-hydrogen) atoms. The van der Waals surface area contributed by atoms with Gasteiger partial charge in [-0.2, -0.15) is 0 Å². The Morgan fingerprint density at radius 1 is 1.03 bits per heavy atom. The number of carbonyl (C=O) groups is 2. The highest BCUT2D eigenvalue weighted by atomic mass is 35.5. The molecule has 0 unspecified atom stereocenters. The normalized spacial score (nSPS) is 15.1. The summed E-state index contributed by atoms with van der Waals surface area (Å²) in [5, 5.41) is 4.34. The quantitative estimate of drug-likeness (QED) is 0.667. The van der Waals surface area contributed by atoms with Crippen LogP contribution in [0.4, 0.5) is 0 Å². The van der Waals surface area contributed by atoms with Gasteiger partial charge in [0.15, 0.2) is 0 Å². The van der Waals surface area contributed by atoms with Gasteiger partial charge in [0.2, 0.25) is 11.8 Å². The van der Waals surface area contributed by atoms with Gasteiger partial charge in [-0.1, -0.05) is 60.3 Å². The Labute approximate surface area is 182 Å². The molecule has 4 nitrogen and oxygen atoms in total. The first-order chi connectivity index (χ1) is 13.9. The minimum atomic E-state index is -0.575. The van der Waals surface area contributed by atoms with E-state index in [-0.39, 0.29) is 24.3 Å². The summed E-state index contributed by atoms with van der Waals surface area (Å²) in [5.74, 6) is -0.218. The second-order valence-electron chi connectivity index (χ2n) is 7.62. The lowest BCUT2D eigenvalue weighted by Crippen LogP contribution is -2.50. The van der Waals surface area contributed by atoms with Crippen molar-refractivity contribution < 1.29 is 9.59 Å². The number of benzene rings is 2. The van der Waals surface area contributed by atoms with Gasteiger partial charge in [-0.3, -0.25) is 9.59 Å². The fourth-order valence-corrected chi connectivity index (χ4v) is 4.02. The lowest BCUT2D eigenvalue weighted by atomic mass is 10.1. The van der Waals surface area contributed by atoms with Crippen LogP contribution in [0.2, 0.25) is 10.0 Å². The zero-order valence-electron chi connectivity index (χ0n) is 16.5. The summed E-state index contributed by atoms with van der Waals surface area (Å²) < 4.78 is 0. The molecule has 2 aromatic rings. The summed E-state index contributed by atoms with van der Waals surface area (Å²) in [6.07, 6.45) is 4.50. The topological polar surface area (TPSA) is 49.4 Å². The van der Waals surface area contributed by atoms with Crippen molar-refractivity contribution in [3.05, 3.63) is 69.7 Å². The maximum Gasteiger partial charge on any atom is 0.242 e. The van der Waals surface area contributed by atoms with Crippen molar-refractivity contribution in [3.63, 3.8) is 0 Å². The van der Waals surface area contributed by atoms with Gasteiger partial charge in [0.05, 0.1) is 6.42 Å². The number of hydrogen-bond donors (Lipinski definition) is 1. The van der Waals surface area contributed by atoms with E-state index < -0.39 is 6.04 Å². The molecule has 0 radical (unpaired) electrons. The predicted octanol–water partition coefficient (Wildman–Crippen LogP) is 5.01. The van der Waals surface area contributed by atoms with Gasteiger partial charge in [0.25, 0.3) is 0 Å². The molecule has 1 saturated carbocycles. The minimum Gasteiger partial charge on any atom is -0.352 e. The lowest BCUT2D eigenvalue weighted by Gasteiger charge is -2.30. The molecular weight excluding hydrogens is 407 g/mol. The Hall–Kier alpha value is -2.04. The molecule has 0 aliphatic heterocycles. The monoisotopic (exact) mass is 432 g/mol. The first-order valence-corrected chi connectivity index (χ1v) is 10.8. The van der Waals surface area contributed by atoms with E-state index in [4.69, 9.17) is 23.2 Å². The summed E-state index contributed by atoms with van der Waals surface area (Å²) in [6, 6.07) is 14.2. The molecular formula is C23H26Cl2N2O2. The molecule has 0 aromatic heterocycles. The van der Waals surface area contributed by atoms with Gasteiger partial charge < -0.3 is 10.2 Å². The Morgan fingerprint density at radius 2 is 1.72 bits per heavy atom. The molecule has 2 amide bonds. The lowest BCUT2D eigenvalue weighted by molar-refractivity contribution is -0.140. The average molecular weight is 433 g/mol. The molecule has 1 aliphatic rings. The zero-order chi connectivity index (χ0) is 20.8. The number of rotatable bonds is 7. The molecule has 154 valence electrons. The van der Waals surface area contributed by atoms with E-state index in [0.717, 1.165) is 36.8 Å². The fourth-order valence-electron chi connectivity index (χ4n) is 3.69. The van der Waals surface area contributed by atoms with Crippen molar-refractivity contribution in [2.75, 3.05) is 0 Å². The summed E-state index contributed by atoms with van der Waals surface area (Å²) in [5.41, 5.74) is 1.75. The van der Waals surface area contributed by atoms with Crippen LogP contribution in [-0.2, 0) is 22.6 Å². The largest absolute Gasteiger partial charge is 0.352 e. The second-order valence-corrected chi connectivity index (χ2v) is 8.49. The van der Waals surface area contributed by atoms with Crippen molar-refractivity contribution in [2.45, 2.75) is 57.7 Å². The summed E-state index contributed by atoms with van der Waals surface area (Å²) >= 11 is 12.1. The van der Waals surface area contributed by atoms with Crippen LogP contribution >= 0.6 is 23.2 Å². The van der Waals surface area contributed by atoms with Crippen LogP contribution in [0.1, 0.15) is 43.7 Å². The summed E-state index contributed by atoms with van der Waals surface area (Å²) in [6.45, 7) is 2.11. The van der Waals surface area contributed by atoms with Crippen LogP contribution in [0.15, 0.2) is 48.5 Å². The third kappa shape index (κ3) is 6.22. The number of hydrogen-bond acceptors (Lipinski definition) is 2. The van der Waals surface area contributed by atoms with Crippen molar-refractivity contribution in [1.82, 2.24) is 10.2 Å². The average Bonchev–Trinajstić information content (AvgIpc) is 3.20. The molecule has 1 N–H and O–H groups in total. The van der Waals surface area contributed by atoms with Gasteiger partial charge in [0.1, 0.15) is 6.04 Å². The van der Waals surface area contributed by atoms with Gasteiger partial charge >= 0.3 is 0 Å². The molecule has 1 aliphatic carbocycles. The van der Waals surface area contributed by atoms with Crippen molar-refractivity contribution in [3.8, 4) is 0 Å². The smallest absolute Gasteiger partial charge is 0.242 e. The second kappa shape index (κ2) is 10.1. The molecule has 1 fully saturated rings. The van der Waals surface area contributed by atoms with Gasteiger partial charge in [-0.05, 0) is 55.2 Å². The van der Waals surface area contributed by atoms with E-state index in [1.807, 2.05) is 30.3 Å². The van der Waals surface area contributed by atoms with Gasteiger partial charge in [-0.25, -0.2) is 0 Å². The number of nitrogens with one attached hydrogen (secondary N) is 1. The van der Waals surface area contributed by atoms with Crippen molar-refractivity contribution in [1.29, 1.82) is 0 Å². The molecule has 0 saturated heterocycles. The number of nitrogens with zero attached hydrogens (tertiary/aromatic N) is 1. The Kier molecular flexibility index (Phi) is 7.57. The highest BCUT2D eigenvalue weighted by Crippen LogP contribution is 2.20. The minimum absolute atomic E-state index is 0.108. The van der Waals surface area contributed by atoms with Crippen LogP contribution in [0, 0.1) is 0 Å². The first kappa shape index (κ1) is 21.7. The number of amides is 2. The predicted molar refractivity (Wildman–Crippen MR) is 117 cm³/mol. The standard InChI is InChI=1S/C23H26Cl2N2O2/c1-16(23(29)26-21-7-2-3-8-21)27(15-18-5-4-6-20(25)13-18)22(28)14-17-9-11-19(24)12-10-17/h4-6,9-13,16,21H,2-3,7-8,14-15H2,1H3,(H,26,29)/t16-/m1/s1. The molecule has 0 bridgehead atoms. The Balaban J connectivity index is 1.76. The van der Waals surface area contributed by atoms with E-state index in [1.54, 1.807) is 30.0 Å². The SMILES string of the molecule is C[C@H](C(=O)NC1CCCC1)N(Cc1cccc(Cl)c1)C(=O)Cc1ccc(Cl)cc1. The highest BCUT2D eigenvalue weighted by Gasteiger charge is 2.28. The molecule has 0 heterocycles. The first-order valence-electron chi connectivity index (χ1n) is 10.0. The molecule has 3 rings (SSSR count). The summed E-state index contributed by atoms with van der Waals surface area (Å²) in [7, 11) is 0. The number of halogens is 2. The highest BCUT2D eigenvalue weighted by molar-refractivity contribution is 6.30. The van der Waals surface area contributed by atoms with Crippen LogP contribution in [-0.4, -0.2) is 28.8 Å². The van der Waals surface area contributed by atoms with Crippen molar-refractivity contribution >= 4 is 35.0 Å². The maximum absolute atomic E-state index is 13.1. The van der Waals surface area contributed by atoms with E-state index in [9.17, 15) is 9.59 Å². The third-order valence-electron chi connectivity index (χ3n) is 5.38.